The Labute approximate surface area is 121 Å². The second kappa shape index (κ2) is 5.66. The van der Waals surface area contributed by atoms with Crippen LogP contribution in [-0.4, -0.2) is 37.8 Å². The van der Waals surface area contributed by atoms with Crippen LogP contribution in [0.1, 0.15) is 25.7 Å². The van der Waals surface area contributed by atoms with Gasteiger partial charge in [-0.05, 0) is 12.8 Å². The molecule has 9 heteroatoms. The van der Waals surface area contributed by atoms with Crippen molar-refractivity contribution >= 4 is 32.0 Å². The van der Waals surface area contributed by atoms with E-state index in [-0.39, 0.29) is 20.9 Å². The zero-order valence-electron chi connectivity index (χ0n) is 11.3. The Morgan fingerprint density at radius 3 is 2.50 bits per heavy atom. The van der Waals surface area contributed by atoms with Crippen LogP contribution < -0.4 is 5.32 Å². The van der Waals surface area contributed by atoms with E-state index in [0.29, 0.717) is 0 Å². The van der Waals surface area contributed by atoms with Crippen molar-refractivity contribution < 1.29 is 13.3 Å². The minimum atomic E-state index is -3.66. The summed E-state index contributed by atoms with van der Waals surface area (Å²) in [5, 5.41) is 13.8. The molecule has 1 aliphatic carbocycles. The van der Waals surface area contributed by atoms with Gasteiger partial charge in [-0.25, -0.2) is 8.42 Å². The molecule has 1 aromatic rings. The van der Waals surface area contributed by atoms with Crippen molar-refractivity contribution in [3.05, 3.63) is 16.2 Å². The molecule has 112 valence electrons. The topological polar surface area (TPSA) is 92.6 Å². The molecule has 0 atom stereocenters. The molecule has 1 saturated carbocycles. The van der Waals surface area contributed by atoms with Crippen LogP contribution in [0.25, 0.3) is 0 Å². The average Bonchev–Trinajstić information content (AvgIpc) is 3.06. The molecule has 1 heterocycles. The summed E-state index contributed by atoms with van der Waals surface area (Å²) in [4.78, 5) is 10.3. The predicted molar refractivity (Wildman–Crippen MR) is 77.7 cm³/mol. The number of sulfonamides is 1. The average molecular weight is 319 g/mol. The van der Waals surface area contributed by atoms with Crippen molar-refractivity contribution in [2.45, 2.75) is 35.9 Å². The van der Waals surface area contributed by atoms with Crippen molar-refractivity contribution in [3.63, 3.8) is 0 Å². The molecular formula is C11H17N3O4S2. The van der Waals surface area contributed by atoms with Gasteiger partial charge in [-0.15, -0.1) is 0 Å². The molecule has 1 aliphatic rings. The number of anilines is 1. The van der Waals surface area contributed by atoms with Crippen LogP contribution in [0.3, 0.4) is 0 Å². The number of rotatable bonds is 5. The van der Waals surface area contributed by atoms with Gasteiger partial charge in [0.15, 0.2) is 5.00 Å². The van der Waals surface area contributed by atoms with Gasteiger partial charge in [0, 0.05) is 26.2 Å². The highest BCUT2D eigenvalue weighted by molar-refractivity contribution is 7.91. The molecule has 1 N–H and O–H groups in total. The van der Waals surface area contributed by atoms with Gasteiger partial charge in [0.25, 0.3) is 10.0 Å². The van der Waals surface area contributed by atoms with Crippen LogP contribution in [0.15, 0.2) is 10.3 Å². The maximum absolute atomic E-state index is 12.5. The molecule has 0 aromatic carbocycles. The van der Waals surface area contributed by atoms with E-state index < -0.39 is 14.9 Å². The molecular weight excluding hydrogens is 302 g/mol. The first-order chi connectivity index (χ1) is 9.37. The maximum Gasteiger partial charge on any atom is 0.304 e. The van der Waals surface area contributed by atoms with Crippen LogP contribution in [-0.2, 0) is 10.0 Å². The number of nitrogens with zero attached hydrogens (tertiary/aromatic N) is 2. The van der Waals surface area contributed by atoms with Crippen LogP contribution in [0, 0.1) is 10.1 Å². The predicted octanol–water partition coefficient (Wildman–Crippen LogP) is 2.26. The third kappa shape index (κ3) is 2.65. The highest BCUT2D eigenvalue weighted by Crippen LogP contribution is 2.38. The minimum absolute atomic E-state index is 0.000748. The first-order valence-electron chi connectivity index (χ1n) is 6.32. The first kappa shape index (κ1) is 15.2. The van der Waals surface area contributed by atoms with Crippen LogP contribution >= 0.6 is 11.3 Å². The van der Waals surface area contributed by atoms with Gasteiger partial charge in [0.1, 0.15) is 4.21 Å². The number of hydrogen-bond donors (Lipinski definition) is 1. The van der Waals surface area contributed by atoms with E-state index in [4.69, 9.17) is 0 Å². The van der Waals surface area contributed by atoms with Gasteiger partial charge in [-0.1, -0.05) is 24.2 Å². The largest absolute Gasteiger partial charge is 0.374 e. The van der Waals surface area contributed by atoms with E-state index in [1.54, 1.807) is 7.05 Å². The lowest BCUT2D eigenvalue weighted by molar-refractivity contribution is -0.383. The fraction of sp³-hybridized carbons (Fsp3) is 0.636. The normalized spacial score (nSPS) is 16.8. The molecule has 0 aliphatic heterocycles. The molecule has 0 saturated heterocycles. The second-order valence-corrected chi connectivity index (χ2v) is 8.02. The summed E-state index contributed by atoms with van der Waals surface area (Å²) in [7, 11) is -0.571. The standard InChI is InChI=1S/C11H17N3O4S2/c1-12-11-9(14(15)16)7-10(19-11)20(17,18)13(2)8-5-3-4-6-8/h7-8,12H,3-6H2,1-2H3. The SMILES string of the molecule is CNc1sc(S(=O)(=O)N(C)C2CCCC2)cc1[N+](=O)[O-]. The Hall–Kier alpha value is -1.19. The van der Waals surface area contributed by atoms with E-state index in [9.17, 15) is 18.5 Å². The molecule has 0 spiro atoms. The molecule has 1 fully saturated rings. The molecule has 0 amide bonds. The lowest BCUT2D eigenvalue weighted by atomic mass is 10.3. The van der Waals surface area contributed by atoms with Gasteiger partial charge in [0.05, 0.1) is 4.92 Å². The fourth-order valence-corrected chi connectivity index (χ4v) is 5.29. The fourth-order valence-electron chi connectivity index (χ4n) is 2.41. The molecule has 1 aromatic heterocycles. The first-order valence-corrected chi connectivity index (χ1v) is 8.57. The lowest BCUT2D eigenvalue weighted by Crippen LogP contribution is -2.34. The second-order valence-electron chi connectivity index (χ2n) is 4.75. The Bertz CT molecular complexity index is 605. The Morgan fingerprint density at radius 1 is 1.45 bits per heavy atom. The molecule has 0 unspecified atom stereocenters. The summed E-state index contributed by atoms with van der Waals surface area (Å²) < 4.78 is 26.4. The third-order valence-corrected chi connectivity index (χ3v) is 7.09. The molecule has 20 heavy (non-hydrogen) atoms. The van der Waals surface area contributed by atoms with Gasteiger partial charge >= 0.3 is 5.69 Å². The Kier molecular flexibility index (Phi) is 4.31. The number of hydrogen-bond acceptors (Lipinski definition) is 6. The lowest BCUT2D eigenvalue weighted by Gasteiger charge is -2.22. The minimum Gasteiger partial charge on any atom is -0.374 e. The summed E-state index contributed by atoms with van der Waals surface area (Å²) >= 11 is 0.899. The van der Waals surface area contributed by atoms with Gasteiger partial charge in [-0.3, -0.25) is 10.1 Å². The summed E-state index contributed by atoms with van der Waals surface area (Å²) in [5.41, 5.74) is -0.198. The van der Waals surface area contributed by atoms with Crippen molar-refractivity contribution in [2.75, 3.05) is 19.4 Å². The van der Waals surface area contributed by atoms with E-state index in [1.165, 1.54) is 11.4 Å². The Morgan fingerprint density at radius 2 is 2.05 bits per heavy atom. The molecule has 0 radical (unpaired) electrons. The highest BCUT2D eigenvalue weighted by Gasteiger charge is 2.33. The highest BCUT2D eigenvalue weighted by atomic mass is 32.2. The maximum atomic E-state index is 12.5. The third-order valence-electron chi connectivity index (χ3n) is 3.59. The van der Waals surface area contributed by atoms with Gasteiger partial charge < -0.3 is 5.32 Å². The van der Waals surface area contributed by atoms with Crippen molar-refractivity contribution in [2.24, 2.45) is 0 Å². The zero-order valence-corrected chi connectivity index (χ0v) is 13.0. The number of thiophene rings is 1. The van der Waals surface area contributed by atoms with Crippen molar-refractivity contribution in [3.8, 4) is 0 Å². The smallest absolute Gasteiger partial charge is 0.304 e. The summed E-state index contributed by atoms with van der Waals surface area (Å²) in [5.74, 6) is 0. The van der Waals surface area contributed by atoms with E-state index in [1.807, 2.05) is 0 Å². The summed E-state index contributed by atoms with van der Waals surface area (Å²) in [6.45, 7) is 0. The van der Waals surface area contributed by atoms with Gasteiger partial charge in [-0.2, -0.15) is 4.31 Å². The van der Waals surface area contributed by atoms with E-state index in [0.717, 1.165) is 43.1 Å². The molecule has 7 nitrogen and oxygen atoms in total. The number of nitro groups is 1. The van der Waals surface area contributed by atoms with Crippen LogP contribution in [0.2, 0.25) is 0 Å². The molecule has 2 rings (SSSR count). The van der Waals surface area contributed by atoms with Crippen LogP contribution in [0.5, 0.6) is 0 Å². The Balaban J connectivity index is 2.36. The van der Waals surface area contributed by atoms with E-state index >= 15 is 0 Å². The summed E-state index contributed by atoms with van der Waals surface area (Å²) in [6, 6.07) is 1.14. The summed E-state index contributed by atoms with van der Waals surface area (Å²) in [6.07, 6.45) is 3.75. The zero-order chi connectivity index (χ0) is 14.9. The quantitative estimate of drug-likeness (QED) is 0.664. The van der Waals surface area contributed by atoms with Crippen molar-refractivity contribution in [1.82, 2.24) is 4.31 Å². The van der Waals surface area contributed by atoms with Gasteiger partial charge in [0.2, 0.25) is 0 Å². The monoisotopic (exact) mass is 319 g/mol. The van der Waals surface area contributed by atoms with E-state index in [2.05, 4.69) is 5.32 Å². The number of nitrogens with one attached hydrogen (secondary N) is 1. The van der Waals surface area contributed by atoms with Crippen LogP contribution in [0.4, 0.5) is 10.7 Å². The van der Waals surface area contributed by atoms with Crippen molar-refractivity contribution in [1.29, 1.82) is 0 Å². The molecule has 0 bridgehead atoms.